The molecule has 0 radical (unpaired) electrons. The van der Waals surface area contributed by atoms with E-state index in [4.69, 9.17) is 10.8 Å². The molecule has 0 rings (SSSR count). The molecule has 0 aromatic rings. The first-order chi connectivity index (χ1) is 5.07. The van der Waals surface area contributed by atoms with Gasteiger partial charge in [-0.1, -0.05) is 20.3 Å². The first-order valence-electron chi connectivity index (χ1n) is 4.06. The van der Waals surface area contributed by atoms with Gasteiger partial charge in [-0.2, -0.15) is 0 Å². The summed E-state index contributed by atoms with van der Waals surface area (Å²) in [7, 11) is 0. The van der Waals surface area contributed by atoms with E-state index in [2.05, 4.69) is 13.8 Å². The Morgan fingerprint density at radius 2 is 2.09 bits per heavy atom. The van der Waals surface area contributed by atoms with E-state index in [-0.39, 0.29) is 0 Å². The molecule has 3 N–H and O–H groups in total. The summed E-state index contributed by atoms with van der Waals surface area (Å²) in [4.78, 5) is 10.3. The average Bonchev–Trinajstić information content (AvgIpc) is 1.99. The summed E-state index contributed by atoms with van der Waals surface area (Å²) in [6.45, 7) is 4.20. The fourth-order valence-corrected chi connectivity index (χ4v) is 0.792. The lowest BCUT2D eigenvalue weighted by Crippen LogP contribution is -2.30. The minimum atomic E-state index is -0.895. The van der Waals surface area contributed by atoms with Crippen LogP contribution in [0, 0.1) is 5.92 Å². The minimum absolute atomic E-state index is 0.584. The third-order valence-corrected chi connectivity index (χ3v) is 1.98. The van der Waals surface area contributed by atoms with Gasteiger partial charge in [0.15, 0.2) is 0 Å². The number of hydrogen-bond donors (Lipinski definition) is 2. The maximum atomic E-state index is 10.3. The summed E-state index contributed by atoms with van der Waals surface area (Å²) < 4.78 is 0. The zero-order chi connectivity index (χ0) is 8.85. The first kappa shape index (κ1) is 10.4. The van der Waals surface area contributed by atoms with Crippen LogP contribution >= 0.6 is 0 Å². The van der Waals surface area contributed by atoms with Gasteiger partial charge in [-0.05, 0) is 18.8 Å². The molecule has 2 atom stereocenters. The van der Waals surface area contributed by atoms with E-state index in [1.165, 1.54) is 0 Å². The molecule has 0 aliphatic rings. The molecule has 3 heteroatoms. The Balaban J connectivity index is 3.45. The Hall–Kier alpha value is -0.570. The smallest absolute Gasteiger partial charge is 0.320 e. The van der Waals surface area contributed by atoms with Crippen molar-refractivity contribution in [2.75, 3.05) is 0 Å². The lowest BCUT2D eigenvalue weighted by atomic mass is 10.00. The Morgan fingerprint density at radius 1 is 1.55 bits per heavy atom. The van der Waals surface area contributed by atoms with Gasteiger partial charge >= 0.3 is 5.97 Å². The van der Waals surface area contributed by atoms with Crippen molar-refractivity contribution < 1.29 is 9.90 Å². The van der Waals surface area contributed by atoms with Gasteiger partial charge in [0.1, 0.15) is 6.04 Å². The highest BCUT2D eigenvalue weighted by Gasteiger charge is 2.11. The molecule has 0 fully saturated rings. The van der Waals surface area contributed by atoms with Gasteiger partial charge in [0.05, 0.1) is 0 Å². The van der Waals surface area contributed by atoms with E-state index in [1.54, 1.807) is 0 Å². The molecule has 0 spiro atoms. The number of nitrogens with two attached hydrogens (primary N) is 1. The van der Waals surface area contributed by atoms with Gasteiger partial charge in [0.2, 0.25) is 0 Å². The van der Waals surface area contributed by atoms with Crippen molar-refractivity contribution in [3.8, 4) is 0 Å². The second-order valence-corrected chi connectivity index (χ2v) is 3.04. The van der Waals surface area contributed by atoms with Crippen LogP contribution in [-0.2, 0) is 4.79 Å². The number of aliphatic carboxylic acids is 1. The van der Waals surface area contributed by atoms with E-state index in [9.17, 15) is 4.79 Å². The van der Waals surface area contributed by atoms with Crippen molar-refractivity contribution in [2.45, 2.75) is 39.2 Å². The van der Waals surface area contributed by atoms with Crippen LogP contribution in [0.5, 0.6) is 0 Å². The molecular weight excluding hydrogens is 142 g/mol. The minimum Gasteiger partial charge on any atom is -0.480 e. The SMILES string of the molecule is CC[C@H](C)CC[C@@H](N)C(=O)O. The molecule has 66 valence electrons. The fraction of sp³-hybridized carbons (Fsp3) is 0.875. The van der Waals surface area contributed by atoms with Crippen LogP contribution in [0.3, 0.4) is 0 Å². The molecule has 0 saturated heterocycles. The quantitative estimate of drug-likeness (QED) is 0.634. The maximum absolute atomic E-state index is 10.3. The van der Waals surface area contributed by atoms with Crippen LogP contribution in [0.15, 0.2) is 0 Å². The molecule has 0 aromatic carbocycles. The zero-order valence-corrected chi connectivity index (χ0v) is 7.21. The molecule has 0 unspecified atom stereocenters. The molecule has 0 bridgehead atoms. The third kappa shape index (κ3) is 4.79. The summed E-state index contributed by atoms with van der Waals surface area (Å²) >= 11 is 0. The number of rotatable bonds is 5. The third-order valence-electron chi connectivity index (χ3n) is 1.98. The monoisotopic (exact) mass is 159 g/mol. The van der Waals surface area contributed by atoms with E-state index in [0.29, 0.717) is 12.3 Å². The van der Waals surface area contributed by atoms with Crippen LogP contribution in [0.2, 0.25) is 0 Å². The second-order valence-electron chi connectivity index (χ2n) is 3.04. The standard InChI is InChI=1S/C8H17NO2/c1-3-6(2)4-5-7(9)8(10)11/h6-7H,3-5,9H2,1-2H3,(H,10,11)/t6-,7+/m0/s1. The molecule has 0 aliphatic heterocycles. The zero-order valence-electron chi connectivity index (χ0n) is 7.21. The van der Waals surface area contributed by atoms with Crippen molar-refractivity contribution in [3.63, 3.8) is 0 Å². The van der Waals surface area contributed by atoms with Crippen molar-refractivity contribution >= 4 is 5.97 Å². The Bertz CT molecular complexity index is 125. The largest absolute Gasteiger partial charge is 0.480 e. The van der Waals surface area contributed by atoms with Crippen LogP contribution in [0.4, 0.5) is 0 Å². The highest BCUT2D eigenvalue weighted by atomic mass is 16.4. The van der Waals surface area contributed by atoms with Gasteiger partial charge in [-0.3, -0.25) is 4.79 Å². The van der Waals surface area contributed by atoms with Crippen molar-refractivity contribution in [2.24, 2.45) is 11.7 Å². The van der Waals surface area contributed by atoms with E-state index in [0.717, 1.165) is 12.8 Å². The highest BCUT2D eigenvalue weighted by Crippen LogP contribution is 2.10. The van der Waals surface area contributed by atoms with E-state index < -0.39 is 12.0 Å². The van der Waals surface area contributed by atoms with Crippen LogP contribution in [0.25, 0.3) is 0 Å². The van der Waals surface area contributed by atoms with Gasteiger partial charge in [0, 0.05) is 0 Å². The molecule has 11 heavy (non-hydrogen) atoms. The molecule has 3 nitrogen and oxygen atoms in total. The van der Waals surface area contributed by atoms with E-state index in [1.807, 2.05) is 0 Å². The molecular formula is C8H17NO2. The van der Waals surface area contributed by atoms with Gasteiger partial charge in [-0.25, -0.2) is 0 Å². The van der Waals surface area contributed by atoms with Crippen molar-refractivity contribution in [3.05, 3.63) is 0 Å². The molecule has 0 saturated carbocycles. The maximum Gasteiger partial charge on any atom is 0.320 e. The number of carboxylic acids is 1. The van der Waals surface area contributed by atoms with Crippen LogP contribution < -0.4 is 5.73 Å². The van der Waals surface area contributed by atoms with Crippen molar-refractivity contribution in [1.29, 1.82) is 0 Å². The summed E-state index contributed by atoms with van der Waals surface area (Å²) in [6.07, 6.45) is 2.58. The summed E-state index contributed by atoms with van der Waals surface area (Å²) in [5.41, 5.74) is 5.32. The van der Waals surface area contributed by atoms with Gasteiger partial charge in [-0.15, -0.1) is 0 Å². The van der Waals surface area contributed by atoms with Crippen LogP contribution in [0.1, 0.15) is 33.1 Å². The van der Waals surface area contributed by atoms with Gasteiger partial charge < -0.3 is 10.8 Å². The number of carboxylic acid groups (broad SMARTS) is 1. The Kier molecular flexibility index (Phi) is 4.86. The number of carbonyl (C=O) groups is 1. The van der Waals surface area contributed by atoms with Gasteiger partial charge in [0.25, 0.3) is 0 Å². The van der Waals surface area contributed by atoms with Crippen molar-refractivity contribution in [1.82, 2.24) is 0 Å². The molecule has 0 aromatic heterocycles. The lowest BCUT2D eigenvalue weighted by Gasteiger charge is -2.09. The molecule has 0 aliphatic carbocycles. The summed E-state index contributed by atoms with van der Waals surface area (Å²) in [5, 5.41) is 8.44. The number of hydrogen-bond acceptors (Lipinski definition) is 2. The fourth-order valence-electron chi connectivity index (χ4n) is 0.792. The van der Waals surface area contributed by atoms with Crippen LogP contribution in [-0.4, -0.2) is 17.1 Å². The lowest BCUT2D eigenvalue weighted by molar-refractivity contribution is -0.138. The Morgan fingerprint density at radius 3 is 2.45 bits per heavy atom. The Labute approximate surface area is 67.6 Å². The first-order valence-corrected chi connectivity index (χ1v) is 4.06. The molecule has 0 heterocycles. The predicted octanol–water partition coefficient (Wildman–Crippen LogP) is 1.22. The highest BCUT2D eigenvalue weighted by molar-refractivity contribution is 5.72. The normalized spacial score (nSPS) is 15.9. The molecule has 0 amide bonds. The predicted molar refractivity (Wildman–Crippen MR) is 44.3 cm³/mol. The topological polar surface area (TPSA) is 63.3 Å². The second kappa shape index (κ2) is 5.13. The van der Waals surface area contributed by atoms with E-state index >= 15 is 0 Å². The summed E-state index contributed by atoms with van der Waals surface area (Å²) in [6, 6.07) is -0.677. The average molecular weight is 159 g/mol. The summed E-state index contributed by atoms with van der Waals surface area (Å²) in [5.74, 6) is -0.311.